The predicted octanol–water partition coefficient (Wildman–Crippen LogP) is 4.41. The number of carbonyl (C=O) groups is 1. The van der Waals surface area contributed by atoms with Gasteiger partial charge in [0.1, 0.15) is 16.6 Å². The van der Waals surface area contributed by atoms with E-state index in [0.29, 0.717) is 17.1 Å². The summed E-state index contributed by atoms with van der Waals surface area (Å²) in [5, 5.41) is 16.5. The molecule has 5 heterocycles. The molecule has 6 rings (SSSR count). The van der Waals surface area contributed by atoms with Crippen LogP contribution in [0.15, 0.2) is 24.3 Å². The Morgan fingerprint density at radius 3 is 2.63 bits per heavy atom. The van der Waals surface area contributed by atoms with Gasteiger partial charge in [-0.25, -0.2) is 14.8 Å². The van der Waals surface area contributed by atoms with Crippen LogP contribution in [0.2, 0.25) is 0 Å². The summed E-state index contributed by atoms with van der Waals surface area (Å²) < 4.78 is 1.91. The molecule has 0 aliphatic carbocycles. The van der Waals surface area contributed by atoms with Crippen LogP contribution in [0.25, 0.3) is 16.2 Å². The van der Waals surface area contributed by atoms with Gasteiger partial charge < -0.3 is 20.4 Å². The van der Waals surface area contributed by atoms with Gasteiger partial charge in [0.15, 0.2) is 10.9 Å². The number of rotatable bonds is 5. The van der Waals surface area contributed by atoms with E-state index in [1.165, 1.54) is 11.3 Å². The maximum absolute atomic E-state index is 11.7. The summed E-state index contributed by atoms with van der Waals surface area (Å²) >= 11 is 2.96. The standard InChI is InChI=1S/C26H29N9OS2/c1-4-18-21(32(3)23-30-20(19(13-27)37-23)17-7-5-16(2)6-8-17)35-24(29-18)38-25(31-35)34-12-10-26(15-34)9-11-33(14-26)22(28)36/h5-8H,4,9-12,14-15H2,1-3H3,(H2,28,36). The molecular formula is C26H29N9OS2. The minimum Gasteiger partial charge on any atom is -0.351 e. The monoisotopic (exact) mass is 547 g/mol. The van der Waals surface area contributed by atoms with Crippen LogP contribution in [-0.2, 0) is 6.42 Å². The number of nitrogens with zero attached hydrogens (tertiary/aromatic N) is 8. The average Bonchev–Trinajstić information content (AvgIpc) is 3.72. The van der Waals surface area contributed by atoms with Gasteiger partial charge in [-0.15, -0.1) is 5.10 Å². The summed E-state index contributed by atoms with van der Waals surface area (Å²) in [4.78, 5) is 28.9. The van der Waals surface area contributed by atoms with E-state index < -0.39 is 0 Å². The smallest absolute Gasteiger partial charge is 0.314 e. The zero-order valence-electron chi connectivity index (χ0n) is 21.6. The van der Waals surface area contributed by atoms with Gasteiger partial charge in [0.05, 0.1) is 5.69 Å². The number of anilines is 3. The quantitative estimate of drug-likeness (QED) is 0.393. The van der Waals surface area contributed by atoms with E-state index in [0.717, 1.165) is 76.8 Å². The lowest BCUT2D eigenvalue weighted by Gasteiger charge is -2.23. The highest BCUT2D eigenvalue weighted by molar-refractivity contribution is 7.20. The second-order valence-corrected chi connectivity index (χ2v) is 12.1. The summed E-state index contributed by atoms with van der Waals surface area (Å²) in [6.07, 6.45) is 2.74. The van der Waals surface area contributed by atoms with Crippen LogP contribution in [-0.4, -0.2) is 63.7 Å². The molecule has 12 heteroatoms. The number of nitrogens with two attached hydrogens (primary N) is 1. The van der Waals surface area contributed by atoms with Crippen molar-refractivity contribution in [1.29, 1.82) is 5.26 Å². The van der Waals surface area contributed by atoms with Crippen molar-refractivity contribution in [2.75, 3.05) is 43.0 Å². The predicted molar refractivity (Wildman–Crippen MR) is 150 cm³/mol. The Kier molecular flexibility index (Phi) is 6.00. The van der Waals surface area contributed by atoms with E-state index >= 15 is 0 Å². The van der Waals surface area contributed by atoms with Crippen molar-refractivity contribution in [2.24, 2.45) is 11.1 Å². The second kappa shape index (κ2) is 9.25. The van der Waals surface area contributed by atoms with Crippen molar-refractivity contribution < 1.29 is 4.79 Å². The highest BCUT2D eigenvalue weighted by atomic mass is 32.1. The van der Waals surface area contributed by atoms with Crippen LogP contribution in [0.4, 0.5) is 20.9 Å². The Labute approximate surface area is 228 Å². The molecule has 38 heavy (non-hydrogen) atoms. The lowest BCUT2D eigenvalue weighted by Crippen LogP contribution is -2.37. The number of nitriles is 1. The first kappa shape index (κ1) is 24.6. The molecule has 2 N–H and O–H groups in total. The molecule has 4 aromatic rings. The maximum Gasteiger partial charge on any atom is 0.314 e. The second-order valence-electron chi connectivity index (χ2n) is 10.2. The molecule has 2 fully saturated rings. The van der Waals surface area contributed by atoms with Crippen molar-refractivity contribution in [3.63, 3.8) is 0 Å². The van der Waals surface area contributed by atoms with Gasteiger partial charge in [0.2, 0.25) is 10.1 Å². The number of amides is 2. The van der Waals surface area contributed by atoms with Gasteiger partial charge in [-0.05, 0) is 26.2 Å². The molecule has 1 aromatic carbocycles. The number of imidazole rings is 1. The summed E-state index contributed by atoms with van der Waals surface area (Å²) in [5.74, 6) is 0.869. The zero-order valence-corrected chi connectivity index (χ0v) is 23.3. The molecular weight excluding hydrogens is 518 g/mol. The normalized spacial score (nSPS) is 19.1. The molecule has 2 aliphatic rings. The summed E-state index contributed by atoms with van der Waals surface area (Å²) in [5.41, 5.74) is 9.34. The average molecular weight is 548 g/mol. The minimum absolute atomic E-state index is 0.0813. The van der Waals surface area contributed by atoms with E-state index in [4.69, 9.17) is 20.8 Å². The molecule has 10 nitrogen and oxygen atoms in total. The van der Waals surface area contributed by atoms with Crippen molar-refractivity contribution in [3.05, 3.63) is 40.4 Å². The van der Waals surface area contributed by atoms with Crippen molar-refractivity contribution >= 4 is 49.7 Å². The number of thiazole rings is 1. The summed E-state index contributed by atoms with van der Waals surface area (Å²) in [6, 6.07) is 10.1. The topological polar surface area (TPSA) is 120 Å². The number of benzene rings is 1. The zero-order chi connectivity index (χ0) is 26.6. The number of hydrogen-bond donors (Lipinski definition) is 1. The molecule has 2 amide bonds. The molecule has 1 atom stereocenters. The Morgan fingerprint density at radius 2 is 1.95 bits per heavy atom. The van der Waals surface area contributed by atoms with Crippen LogP contribution >= 0.6 is 22.7 Å². The van der Waals surface area contributed by atoms with Crippen LogP contribution < -0.4 is 15.5 Å². The fraction of sp³-hybridized carbons (Fsp3) is 0.423. The molecule has 1 spiro atoms. The Balaban J connectivity index is 1.31. The molecule has 3 aromatic heterocycles. The Bertz CT molecular complexity index is 1560. The van der Waals surface area contributed by atoms with Crippen molar-refractivity contribution in [3.8, 4) is 17.3 Å². The first-order valence-corrected chi connectivity index (χ1v) is 14.3. The first-order valence-electron chi connectivity index (χ1n) is 12.7. The van der Waals surface area contributed by atoms with E-state index in [1.807, 2.05) is 47.7 Å². The number of aromatic nitrogens is 4. The number of fused-ring (bicyclic) bond motifs is 1. The van der Waals surface area contributed by atoms with Gasteiger partial charge in [0.25, 0.3) is 0 Å². The van der Waals surface area contributed by atoms with Crippen molar-refractivity contribution in [2.45, 2.75) is 33.1 Å². The highest BCUT2D eigenvalue weighted by Crippen LogP contribution is 2.43. The molecule has 2 saturated heterocycles. The van der Waals surface area contributed by atoms with Crippen molar-refractivity contribution in [1.82, 2.24) is 24.5 Å². The SMILES string of the molecule is CCc1nc2sc(N3CCC4(CCN(C(N)=O)C4)C3)nn2c1N(C)c1nc(-c2ccc(C)cc2)c(C#N)s1. The molecule has 2 aliphatic heterocycles. The van der Waals surface area contributed by atoms with Crippen LogP contribution in [0.3, 0.4) is 0 Å². The van der Waals surface area contributed by atoms with Gasteiger partial charge >= 0.3 is 6.03 Å². The lowest BCUT2D eigenvalue weighted by atomic mass is 9.86. The number of likely N-dealkylation sites (tertiary alicyclic amines) is 1. The fourth-order valence-electron chi connectivity index (χ4n) is 5.55. The van der Waals surface area contributed by atoms with Crippen LogP contribution in [0.1, 0.15) is 35.9 Å². The van der Waals surface area contributed by atoms with Gasteiger partial charge in [-0.2, -0.15) is 9.78 Å². The summed E-state index contributed by atoms with van der Waals surface area (Å²) in [6.45, 7) is 7.32. The molecule has 196 valence electrons. The van der Waals surface area contributed by atoms with E-state index in [2.05, 4.69) is 17.9 Å². The number of urea groups is 1. The first-order chi connectivity index (χ1) is 18.3. The van der Waals surface area contributed by atoms with Crippen LogP contribution in [0, 0.1) is 23.7 Å². The Morgan fingerprint density at radius 1 is 1.18 bits per heavy atom. The van der Waals surface area contributed by atoms with E-state index in [1.54, 1.807) is 16.2 Å². The van der Waals surface area contributed by atoms with Gasteiger partial charge in [0, 0.05) is 44.2 Å². The Hall–Kier alpha value is -3.69. The van der Waals surface area contributed by atoms with Crippen LogP contribution in [0.5, 0.6) is 0 Å². The number of aryl methyl sites for hydroxylation is 2. The summed E-state index contributed by atoms with van der Waals surface area (Å²) in [7, 11) is 1.96. The number of carbonyl (C=O) groups excluding carboxylic acids is 1. The molecule has 0 saturated carbocycles. The van der Waals surface area contributed by atoms with E-state index in [-0.39, 0.29) is 11.4 Å². The fourth-order valence-corrected chi connectivity index (χ4v) is 7.34. The largest absolute Gasteiger partial charge is 0.351 e. The van der Waals surface area contributed by atoms with Gasteiger partial charge in [-0.3, -0.25) is 0 Å². The third kappa shape index (κ3) is 4.06. The van der Waals surface area contributed by atoms with E-state index in [9.17, 15) is 10.1 Å². The maximum atomic E-state index is 11.7. The number of hydrogen-bond acceptors (Lipinski definition) is 9. The highest BCUT2D eigenvalue weighted by Gasteiger charge is 2.45. The molecule has 1 unspecified atom stereocenters. The third-order valence-electron chi connectivity index (χ3n) is 7.68. The lowest BCUT2D eigenvalue weighted by molar-refractivity contribution is 0.211. The number of primary amides is 1. The minimum atomic E-state index is -0.333. The molecule has 0 bridgehead atoms. The van der Waals surface area contributed by atoms with Gasteiger partial charge in [-0.1, -0.05) is 59.4 Å². The molecule has 0 radical (unpaired) electrons. The third-order valence-corrected chi connectivity index (χ3v) is 9.69.